The first kappa shape index (κ1) is 9.87. The fourth-order valence-corrected chi connectivity index (χ4v) is 1.71. The van der Waals surface area contributed by atoms with Crippen LogP contribution in [-0.2, 0) is 0 Å². The van der Waals surface area contributed by atoms with Gasteiger partial charge < -0.3 is 0 Å². The van der Waals surface area contributed by atoms with E-state index < -0.39 is 0 Å². The van der Waals surface area contributed by atoms with Crippen molar-refractivity contribution in [2.45, 2.75) is 0 Å². The van der Waals surface area contributed by atoms with Crippen LogP contribution in [0, 0.1) is 0 Å². The van der Waals surface area contributed by atoms with Crippen LogP contribution in [0.2, 0.25) is 0 Å². The van der Waals surface area contributed by atoms with Crippen LogP contribution >= 0.6 is 12.4 Å². The molecular weight excluding hydrogens is 208 g/mol. The minimum Gasteiger partial charge on any atom is -0.256 e. The van der Waals surface area contributed by atoms with E-state index in [0.29, 0.717) is 0 Å². The van der Waals surface area contributed by atoms with E-state index in [-0.39, 0.29) is 12.4 Å². The van der Waals surface area contributed by atoms with Crippen molar-refractivity contribution >= 4 is 34.2 Å². The lowest BCUT2D eigenvalue weighted by molar-refractivity contribution is 1.39. The van der Waals surface area contributed by atoms with E-state index in [1.54, 1.807) is 0 Å². The third kappa shape index (κ3) is 1.53. The molecule has 1 aromatic carbocycles. The number of fused-ring (bicyclic) bond motifs is 3. The van der Waals surface area contributed by atoms with E-state index in [1.807, 2.05) is 36.7 Å². The molecule has 15 heavy (non-hydrogen) atoms. The highest BCUT2D eigenvalue weighted by atomic mass is 35.5. The zero-order valence-electron chi connectivity index (χ0n) is 7.92. The van der Waals surface area contributed by atoms with Crippen LogP contribution in [-0.4, -0.2) is 9.97 Å². The minimum absolute atomic E-state index is 0. The van der Waals surface area contributed by atoms with Crippen LogP contribution in [0.15, 0.2) is 48.8 Å². The SMILES string of the molecule is Cl.c1cnc2ccc3ncccc3c2c1. The van der Waals surface area contributed by atoms with Crippen molar-refractivity contribution in [2.24, 2.45) is 0 Å². The molecule has 3 aromatic rings. The van der Waals surface area contributed by atoms with Crippen LogP contribution in [0.25, 0.3) is 21.8 Å². The number of aromatic nitrogens is 2. The van der Waals surface area contributed by atoms with Gasteiger partial charge in [0, 0.05) is 23.2 Å². The lowest BCUT2D eigenvalue weighted by Crippen LogP contribution is -1.81. The van der Waals surface area contributed by atoms with Gasteiger partial charge >= 0.3 is 0 Å². The molecule has 0 saturated heterocycles. The molecule has 0 radical (unpaired) electrons. The Kier molecular flexibility index (Phi) is 2.52. The van der Waals surface area contributed by atoms with Crippen LogP contribution in [0.1, 0.15) is 0 Å². The van der Waals surface area contributed by atoms with Crippen molar-refractivity contribution in [3.8, 4) is 0 Å². The smallest absolute Gasteiger partial charge is 0.0709 e. The van der Waals surface area contributed by atoms with Gasteiger partial charge in [-0.15, -0.1) is 12.4 Å². The van der Waals surface area contributed by atoms with E-state index in [1.165, 1.54) is 0 Å². The largest absolute Gasteiger partial charge is 0.256 e. The number of nitrogens with zero attached hydrogens (tertiary/aromatic N) is 2. The lowest BCUT2D eigenvalue weighted by atomic mass is 10.1. The molecule has 0 bridgehead atoms. The molecule has 0 atom stereocenters. The topological polar surface area (TPSA) is 25.8 Å². The Bertz CT molecular complexity index is 553. The first-order chi connectivity index (χ1) is 6.95. The van der Waals surface area contributed by atoms with Crippen molar-refractivity contribution in [1.82, 2.24) is 9.97 Å². The van der Waals surface area contributed by atoms with E-state index in [2.05, 4.69) is 22.1 Å². The second-order valence-electron chi connectivity index (χ2n) is 3.21. The maximum atomic E-state index is 4.30. The van der Waals surface area contributed by atoms with E-state index in [0.717, 1.165) is 21.8 Å². The molecule has 0 aliphatic heterocycles. The number of hydrogen-bond donors (Lipinski definition) is 0. The number of rotatable bonds is 0. The van der Waals surface area contributed by atoms with Gasteiger partial charge in [0.2, 0.25) is 0 Å². The van der Waals surface area contributed by atoms with Gasteiger partial charge in [-0.1, -0.05) is 12.1 Å². The van der Waals surface area contributed by atoms with Crippen molar-refractivity contribution in [3.63, 3.8) is 0 Å². The minimum atomic E-state index is 0. The van der Waals surface area contributed by atoms with Crippen LogP contribution in [0.5, 0.6) is 0 Å². The summed E-state index contributed by atoms with van der Waals surface area (Å²) in [5.74, 6) is 0. The summed E-state index contributed by atoms with van der Waals surface area (Å²) in [6, 6.07) is 12.1. The summed E-state index contributed by atoms with van der Waals surface area (Å²) in [4.78, 5) is 8.61. The molecule has 0 aliphatic rings. The fourth-order valence-electron chi connectivity index (χ4n) is 1.71. The molecule has 2 heterocycles. The van der Waals surface area contributed by atoms with Crippen molar-refractivity contribution in [1.29, 1.82) is 0 Å². The Labute approximate surface area is 93.4 Å². The summed E-state index contributed by atoms with van der Waals surface area (Å²) >= 11 is 0. The maximum Gasteiger partial charge on any atom is 0.0709 e. The number of pyridine rings is 2. The molecule has 2 nitrogen and oxygen atoms in total. The second kappa shape index (κ2) is 3.83. The molecule has 0 aliphatic carbocycles. The Morgan fingerprint density at radius 3 is 1.60 bits per heavy atom. The summed E-state index contributed by atoms with van der Waals surface area (Å²) in [6.45, 7) is 0. The highest BCUT2D eigenvalue weighted by Crippen LogP contribution is 2.21. The predicted octanol–water partition coefficient (Wildman–Crippen LogP) is 3.20. The van der Waals surface area contributed by atoms with E-state index in [9.17, 15) is 0 Å². The molecule has 2 aromatic heterocycles. The average molecular weight is 217 g/mol. The van der Waals surface area contributed by atoms with Gasteiger partial charge in [0.15, 0.2) is 0 Å². The molecule has 0 spiro atoms. The third-order valence-electron chi connectivity index (χ3n) is 2.37. The number of hydrogen-bond acceptors (Lipinski definition) is 2. The van der Waals surface area contributed by atoms with Gasteiger partial charge in [-0.05, 0) is 24.3 Å². The van der Waals surface area contributed by atoms with Gasteiger partial charge in [-0.25, -0.2) is 0 Å². The number of halogens is 1. The second-order valence-corrected chi connectivity index (χ2v) is 3.21. The van der Waals surface area contributed by atoms with Gasteiger partial charge in [0.1, 0.15) is 0 Å². The molecule has 0 N–H and O–H groups in total. The Balaban J connectivity index is 0.000000853. The molecule has 0 amide bonds. The highest BCUT2D eigenvalue weighted by molar-refractivity contribution is 6.04. The van der Waals surface area contributed by atoms with Crippen LogP contribution in [0.4, 0.5) is 0 Å². The van der Waals surface area contributed by atoms with Crippen molar-refractivity contribution in [3.05, 3.63) is 48.8 Å². The zero-order chi connectivity index (χ0) is 9.38. The summed E-state index contributed by atoms with van der Waals surface area (Å²) in [7, 11) is 0. The van der Waals surface area contributed by atoms with Crippen LogP contribution in [0.3, 0.4) is 0 Å². The van der Waals surface area contributed by atoms with Gasteiger partial charge in [0.25, 0.3) is 0 Å². The fraction of sp³-hybridized carbons (Fsp3) is 0. The molecule has 0 saturated carbocycles. The Morgan fingerprint density at radius 1 is 0.667 bits per heavy atom. The molecule has 74 valence electrons. The molecular formula is C12H9ClN2. The summed E-state index contributed by atoms with van der Waals surface area (Å²) in [6.07, 6.45) is 3.62. The molecule has 3 rings (SSSR count). The van der Waals surface area contributed by atoms with E-state index >= 15 is 0 Å². The lowest BCUT2D eigenvalue weighted by Gasteiger charge is -2.00. The average Bonchev–Trinajstić information content (AvgIpc) is 2.29. The van der Waals surface area contributed by atoms with Crippen LogP contribution < -0.4 is 0 Å². The quantitative estimate of drug-likeness (QED) is 0.540. The normalized spacial score (nSPS) is 10.1. The van der Waals surface area contributed by atoms with Crippen molar-refractivity contribution < 1.29 is 0 Å². The van der Waals surface area contributed by atoms with E-state index in [4.69, 9.17) is 0 Å². The van der Waals surface area contributed by atoms with Gasteiger partial charge in [-0.2, -0.15) is 0 Å². The monoisotopic (exact) mass is 216 g/mol. The predicted molar refractivity (Wildman–Crippen MR) is 64.3 cm³/mol. The standard InChI is InChI=1S/C12H8N2.ClH/c1-3-9-10-4-2-8-14-12(10)6-5-11(9)13-7-1;/h1-8H;1H. The Morgan fingerprint density at radius 2 is 1.13 bits per heavy atom. The van der Waals surface area contributed by atoms with Gasteiger partial charge in [0.05, 0.1) is 11.0 Å². The summed E-state index contributed by atoms with van der Waals surface area (Å²) in [5, 5.41) is 2.33. The van der Waals surface area contributed by atoms with Crippen molar-refractivity contribution in [2.75, 3.05) is 0 Å². The summed E-state index contributed by atoms with van der Waals surface area (Å²) in [5.41, 5.74) is 2.04. The molecule has 0 unspecified atom stereocenters. The molecule has 3 heteroatoms. The van der Waals surface area contributed by atoms with Gasteiger partial charge in [-0.3, -0.25) is 9.97 Å². The summed E-state index contributed by atoms with van der Waals surface area (Å²) < 4.78 is 0. The highest BCUT2D eigenvalue weighted by Gasteiger charge is 1.99. The number of benzene rings is 1. The maximum absolute atomic E-state index is 4.30. The first-order valence-corrected chi connectivity index (χ1v) is 4.53. The first-order valence-electron chi connectivity index (χ1n) is 4.53. The Hall–Kier alpha value is -1.67. The zero-order valence-corrected chi connectivity index (χ0v) is 8.74. The molecule has 0 fully saturated rings. The third-order valence-corrected chi connectivity index (χ3v) is 2.37.